The first-order chi connectivity index (χ1) is 13.5. The van der Waals surface area contributed by atoms with Gasteiger partial charge in [-0.3, -0.25) is 9.59 Å². The van der Waals surface area contributed by atoms with Gasteiger partial charge in [-0.2, -0.15) is 0 Å². The van der Waals surface area contributed by atoms with Crippen molar-refractivity contribution in [2.45, 2.75) is 71.1 Å². The standard InChI is InChI=1S/C22H29NO5/c1-15(2)12-17(13-20(24)27-14-16-8-4-3-5-9-16)21(25)23-18-10-6-7-11-19(18)28-22(23)26/h3-5,8-9,15,17-19H,6-7,10-14H2,1-2H3/t17-,18+,19+/m0/s1. The lowest BCUT2D eigenvalue weighted by atomic mass is 9.89. The number of nitrogens with zero attached hydrogens (tertiary/aromatic N) is 1. The minimum Gasteiger partial charge on any atom is -0.461 e. The lowest BCUT2D eigenvalue weighted by Gasteiger charge is -2.29. The summed E-state index contributed by atoms with van der Waals surface area (Å²) in [5.41, 5.74) is 0.899. The summed E-state index contributed by atoms with van der Waals surface area (Å²) in [5, 5.41) is 0. The van der Waals surface area contributed by atoms with Crippen LogP contribution in [0.5, 0.6) is 0 Å². The number of carbonyl (C=O) groups is 3. The molecule has 28 heavy (non-hydrogen) atoms. The Morgan fingerprint density at radius 2 is 1.89 bits per heavy atom. The van der Waals surface area contributed by atoms with Gasteiger partial charge in [-0.15, -0.1) is 0 Å². The van der Waals surface area contributed by atoms with Crippen molar-refractivity contribution in [3.05, 3.63) is 35.9 Å². The fourth-order valence-corrected chi connectivity index (χ4v) is 4.12. The maximum absolute atomic E-state index is 13.2. The number of esters is 1. The highest BCUT2D eigenvalue weighted by Crippen LogP contribution is 2.34. The number of rotatable bonds is 7. The summed E-state index contributed by atoms with van der Waals surface area (Å²) in [6, 6.07) is 9.24. The molecule has 1 saturated carbocycles. The van der Waals surface area contributed by atoms with E-state index in [9.17, 15) is 14.4 Å². The second kappa shape index (κ2) is 9.22. The van der Waals surface area contributed by atoms with Gasteiger partial charge in [0.15, 0.2) is 0 Å². The zero-order valence-electron chi connectivity index (χ0n) is 16.6. The molecule has 0 aromatic heterocycles. The molecule has 0 unspecified atom stereocenters. The summed E-state index contributed by atoms with van der Waals surface area (Å²) in [6.07, 6.45) is 3.31. The molecule has 2 fully saturated rings. The van der Waals surface area contributed by atoms with Gasteiger partial charge in [-0.05, 0) is 37.2 Å². The predicted octanol–water partition coefficient (Wildman–Crippen LogP) is 4.07. The Kier molecular flexibility index (Phi) is 6.70. The maximum atomic E-state index is 13.2. The van der Waals surface area contributed by atoms with Crippen molar-refractivity contribution >= 4 is 18.0 Å². The molecule has 1 saturated heterocycles. The van der Waals surface area contributed by atoms with Crippen LogP contribution >= 0.6 is 0 Å². The molecule has 3 rings (SSSR count). The Labute approximate surface area is 166 Å². The third-order valence-electron chi connectivity index (χ3n) is 5.45. The quantitative estimate of drug-likeness (QED) is 0.660. The molecule has 0 N–H and O–H groups in total. The van der Waals surface area contributed by atoms with E-state index in [4.69, 9.17) is 9.47 Å². The largest absolute Gasteiger partial charge is 0.461 e. The van der Waals surface area contributed by atoms with E-state index in [0.717, 1.165) is 31.2 Å². The molecule has 6 nitrogen and oxygen atoms in total. The minimum absolute atomic E-state index is 0.0228. The van der Waals surface area contributed by atoms with Crippen molar-refractivity contribution in [1.82, 2.24) is 4.90 Å². The molecule has 0 radical (unpaired) electrons. The maximum Gasteiger partial charge on any atom is 0.417 e. The van der Waals surface area contributed by atoms with Crippen LogP contribution in [0.3, 0.4) is 0 Å². The number of amides is 2. The number of fused-ring (bicyclic) bond motifs is 1. The molecule has 1 aromatic carbocycles. The van der Waals surface area contributed by atoms with Crippen LogP contribution in [0, 0.1) is 11.8 Å². The summed E-state index contributed by atoms with van der Waals surface area (Å²) < 4.78 is 10.8. The molecule has 152 valence electrons. The third kappa shape index (κ3) is 4.91. The van der Waals surface area contributed by atoms with Crippen molar-refractivity contribution in [2.75, 3.05) is 0 Å². The Balaban J connectivity index is 1.64. The van der Waals surface area contributed by atoms with Crippen LogP contribution < -0.4 is 0 Å². The molecule has 6 heteroatoms. The highest BCUT2D eigenvalue weighted by atomic mass is 16.6. The van der Waals surface area contributed by atoms with Crippen LogP contribution in [0.15, 0.2) is 30.3 Å². The number of imide groups is 1. The smallest absolute Gasteiger partial charge is 0.417 e. The van der Waals surface area contributed by atoms with E-state index in [1.165, 1.54) is 4.90 Å². The number of ether oxygens (including phenoxy) is 2. The lowest BCUT2D eigenvalue weighted by Crippen LogP contribution is -2.46. The summed E-state index contributed by atoms with van der Waals surface area (Å²) in [7, 11) is 0. The average Bonchev–Trinajstić information content (AvgIpc) is 3.01. The molecule has 2 amide bonds. The van der Waals surface area contributed by atoms with Crippen LogP contribution in [-0.4, -0.2) is 35.0 Å². The van der Waals surface area contributed by atoms with Gasteiger partial charge in [-0.1, -0.05) is 50.6 Å². The molecule has 1 aliphatic carbocycles. The average molecular weight is 387 g/mol. The number of benzene rings is 1. The second-order valence-corrected chi connectivity index (χ2v) is 8.16. The van der Waals surface area contributed by atoms with E-state index in [2.05, 4.69) is 0 Å². The zero-order chi connectivity index (χ0) is 20.1. The van der Waals surface area contributed by atoms with Gasteiger partial charge in [0, 0.05) is 5.92 Å². The lowest BCUT2D eigenvalue weighted by molar-refractivity contribution is -0.150. The van der Waals surface area contributed by atoms with Gasteiger partial charge in [0.2, 0.25) is 5.91 Å². The molecule has 1 heterocycles. The molecule has 0 bridgehead atoms. The molecule has 0 spiro atoms. The van der Waals surface area contributed by atoms with Crippen molar-refractivity contribution in [3.63, 3.8) is 0 Å². The molecule has 3 atom stereocenters. The van der Waals surface area contributed by atoms with Crippen molar-refractivity contribution in [3.8, 4) is 0 Å². The Morgan fingerprint density at radius 3 is 2.61 bits per heavy atom. The molecule has 2 aliphatic rings. The van der Waals surface area contributed by atoms with Crippen molar-refractivity contribution < 1.29 is 23.9 Å². The zero-order valence-corrected chi connectivity index (χ0v) is 16.6. The van der Waals surface area contributed by atoms with Gasteiger partial charge in [0.1, 0.15) is 12.7 Å². The predicted molar refractivity (Wildman–Crippen MR) is 103 cm³/mol. The first kappa shape index (κ1) is 20.4. The van der Waals surface area contributed by atoms with Crippen LogP contribution in [-0.2, 0) is 25.7 Å². The van der Waals surface area contributed by atoms with Gasteiger partial charge in [0.25, 0.3) is 0 Å². The minimum atomic E-state index is -0.573. The topological polar surface area (TPSA) is 72.9 Å². The summed E-state index contributed by atoms with van der Waals surface area (Å²) in [4.78, 5) is 39.2. The van der Waals surface area contributed by atoms with E-state index >= 15 is 0 Å². The Bertz CT molecular complexity index is 702. The normalized spacial score (nSPS) is 22.5. The summed E-state index contributed by atoms with van der Waals surface area (Å²) in [5.74, 6) is -1.08. The second-order valence-electron chi connectivity index (χ2n) is 8.16. The highest BCUT2D eigenvalue weighted by molar-refractivity contribution is 5.96. The fourth-order valence-electron chi connectivity index (χ4n) is 4.12. The number of hydrogen-bond donors (Lipinski definition) is 0. The van der Waals surface area contributed by atoms with E-state index in [1.807, 2.05) is 44.2 Å². The molecule has 1 aliphatic heterocycles. The first-order valence-corrected chi connectivity index (χ1v) is 10.2. The molecular weight excluding hydrogens is 358 g/mol. The number of carbonyl (C=O) groups excluding carboxylic acids is 3. The van der Waals surface area contributed by atoms with Gasteiger partial charge >= 0.3 is 12.1 Å². The summed E-state index contributed by atoms with van der Waals surface area (Å²) >= 11 is 0. The fraction of sp³-hybridized carbons (Fsp3) is 0.591. The Morgan fingerprint density at radius 1 is 1.18 bits per heavy atom. The van der Waals surface area contributed by atoms with E-state index in [-0.39, 0.29) is 37.0 Å². The van der Waals surface area contributed by atoms with Crippen LogP contribution in [0.25, 0.3) is 0 Å². The number of hydrogen-bond acceptors (Lipinski definition) is 5. The van der Waals surface area contributed by atoms with Crippen LogP contribution in [0.4, 0.5) is 4.79 Å². The van der Waals surface area contributed by atoms with Gasteiger partial charge in [-0.25, -0.2) is 9.69 Å². The van der Waals surface area contributed by atoms with E-state index in [1.54, 1.807) is 0 Å². The van der Waals surface area contributed by atoms with Gasteiger partial charge in [0.05, 0.1) is 12.5 Å². The SMILES string of the molecule is CC(C)C[C@@H](CC(=O)OCc1ccccc1)C(=O)N1C(=O)O[C@@H]2CCCC[C@H]21. The van der Waals surface area contributed by atoms with Crippen molar-refractivity contribution in [2.24, 2.45) is 11.8 Å². The molecular formula is C22H29NO5. The van der Waals surface area contributed by atoms with Crippen LogP contribution in [0.1, 0.15) is 57.9 Å². The monoisotopic (exact) mass is 387 g/mol. The molecule has 1 aromatic rings. The Hall–Kier alpha value is -2.37. The third-order valence-corrected chi connectivity index (χ3v) is 5.45. The summed E-state index contributed by atoms with van der Waals surface area (Å²) in [6.45, 7) is 4.18. The van der Waals surface area contributed by atoms with E-state index in [0.29, 0.717) is 6.42 Å². The van der Waals surface area contributed by atoms with Gasteiger partial charge < -0.3 is 9.47 Å². The van der Waals surface area contributed by atoms with Crippen LogP contribution in [0.2, 0.25) is 0 Å². The van der Waals surface area contributed by atoms with Crippen molar-refractivity contribution in [1.29, 1.82) is 0 Å². The van der Waals surface area contributed by atoms with E-state index < -0.39 is 18.0 Å². The highest BCUT2D eigenvalue weighted by Gasteiger charge is 2.47. The first-order valence-electron chi connectivity index (χ1n) is 10.2.